The van der Waals surface area contributed by atoms with E-state index in [0.717, 1.165) is 39.3 Å². The molecule has 0 radical (unpaired) electrons. The van der Waals surface area contributed by atoms with Gasteiger partial charge < -0.3 is 10.1 Å². The van der Waals surface area contributed by atoms with Crippen molar-refractivity contribution in [3.05, 3.63) is 12.7 Å². The van der Waals surface area contributed by atoms with Crippen LogP contribution in [-0.2, 0) is 4.74 Å². The molecule has 3 heteroatoms. The Kier molecular flexibility index (Phi) is 10.9. The summed E-state index contributed by atoms with van der Waals surface area (Å²) in [6.07, 6.45) is 3.16. The molecule has 0 aliphatic rings. The monoisotopic (exact) mass is 228 g/mol. The second-order valence-electron chi connectivity index (χ2n) is 4.35. The van der Waals surface area contributed by atoms with Gasteiger partial charge in [0.05, 0.1) is 6.61 Å². The molecule has 1 N–H and O–H groups in total. The number of nitrogens with zero attached hydrogens (tertiary/aromatic N) is 1. The molecule has 0 aromatic rings. The quantitative estimate of drug-likeness (QED) is 0.431. The highest BCUT2D eigenvalue weighted by Crippen LogP contribution is 1.99. The van der Waals surface area contributed by atoms with E-state index in [-0.39, 0.29) is 0 Å². The van der Waals surface area contributed by atoms with Gasteiger partial charge >= 0.3 is 0 Å². The van der Waals surface area contributed by atoms with E-state index in [4.69, 9.17) is 4.74 Å². The lowest BCUT2D eigenvalue weighted by Crippen LogP contribution is -2.35. The molecule has 96 valence electrons. The molecule has 3 nitrogen and oxygen atoms in total. The van der Waals surface area contributed by atoms with Crippen molar-refractivity contribution in [3.8, 4) is 0 Å². The molecule has 0 heterocycles. The van der Waals surface area contributed by atoms with E-state index in [1.165, 1.54) is 6.42 Å². The van der Waals surface area contributed by atoms with E-state index in [9.17, 15) is 0 Å². The van der Waals surface area contributed by atoms with E-state index in [0.29, 0.717) is 5.92 Å². The van der Waals surface area contributed by atoms with E-state index < -0.39 is 0 Å². The summed E-state index contributed by atoms with van der Waals surface area (Å²) in [5.41, 5.74) is 0. The molecule has 1 unspecified atom stereocenters. The lowest BCUT2D eigenvalue weighted by atomic mass is 10.1. The Hall–Kier alpha value is -0.380. The maximum atomic E-state index is 5.11. The van der Waals surface area contributed by atoms with Crippen LogP contribution in [0.2, 0.25) is 0 Å². The van der Waals surface area contributed by atoms with Crippen molar-refractivity contribution in [2.24, 2.45) is 5.92 Å². The average molecular weight is 228 g/mol. The van der Waals surface area contributed by atoms with Crippen molar-refractivity contribution in [3.63, 3.8) is 0 Å². The molecule has 16 heavy (non-hydrogen) atoms. The van der Waals surface area contributed by atoms with Crippen LogP contribution in [0.1, 0.15) is 20.3 Å². The Morgan fingerprint density at radius 3 is 2.81 bits per heavy atom. The van der Waals surface area contributed by atoms with E-state index in [1.54, 1.807) is 7.11 Å². The average Bonchev–Trinajstić information content (AvgIpc) is 2.26. The number of nitrogens with one attached hydrogen (secondary N) is 1. The molecule has 1 atom stereocenters. The van der Waals surface area contributed by atoms with Crippen LogP contribution in [0, 0.1) is 5.92 Å². The third-order valence-corrected chi connectivity index (χ3v) is 2.49. The summed E-state index contributed by atoms with van der Waals surface area (Å²) in [6, 6.07) is 0. The maximum Gasteiger partial charge on any atom is 0.0589 e. The molecule has 0 aliphatic carbocycles. The number of methoxy groups -OCH3 is 1. The van der Waals surface area contributed by atoms with Gasteiger partial charge in [0.1, 0.15) is 0 Å². The van der Waals surface area contributed by atoms with E-state index in [1.807, 2.05) is 6.08 Å². The molecule has 0 fully saturated rings. The first-order chi connectivity index (χ1) is 7.74. The minimum Gasteiger partial charge on any atom is -0.383 e. The van der Waals surface area contributed by atoms with Gasteiger partial charge in [-0.15, -0.1) is 6.58 Å². The molecule has 0 saturated heterocycles. The van der Waals surface area contributed by atoms with Gasteiger partial charge in [-0.2, -0.15) is 0 Å². The molecule has 0 rings (SSSR count). The fraction of sp³-hybridized carbons (Fsp3) is 0.846. The molecule has 0 aliphatic heterocycles. The lowest BCUT2D eigenvalue weighted by molar-refractivity contribution is 0.145. The lowest BCUT2D eigenvalue weighted by Gasteiger charge is -2.24. The van der Waals surface area contributed by atoms with Crippen LogP contribution >= 0.6 is 0 Å². The Morgan fingerprint density at radius 1 is 1.50 bits per heavy atom. The smallest absolute Gasteiger partial charge is 0.0589 e. The zero-order valence-corrected chi connectivity index (χ0v) is 11.2. The van der Waals surface area contributed by atoms with Gasteiger partial charge in [0, 0.05) is 26.7 Å². The molecule has 0 aromatic heterocycles. The zero-order chi connectivity index (χ0) is 12.2. The normalized spacial score (nSPS) is 13.0. The minimum atomic E-state index is 0.670. The summed E-state index contributed by atoms with van der Waals surface area (Å²) < 4.78 is 5.11. The highest BCUT2D eigenvalue weighted by atomic mass is 16.5. The van der Waals surface area contributed by atoms with Crippen molar-refractivity contribution >= 4 is 0 Å². The number of rotatable bonds is 11. The molecule has 0 amide bonds. The molecule has 0 saturated carbocycles. The highest BCUT2D eigenvalue weighted by Gasteiger charge is 2.08. The summed E-state index contributed by atoms with van der Waals surface area (Å²) >= 11 is 0. The second kappa shape index (κ2) is 11.1. The van der Waals surface area contributed by atoms with Crippen LogP contribution in [0.15, 0.2) is 12.7 Å². The second-order valence-corrected chi connectivity index (χ2v) is 4.35. The van der Waals surface area contributed by atoms with Crippen molar-refractivity contribution in [1.82, 2.24) is 10.2 Å². The molecule has 0 aromatic carbocycles. The van der Waals surface area contributed by atoms with Crippen LogP contribution in [0.5, 0.6) is 0 Å². The molecule has 0 spiro atoms. The van der Waals surface area contributed by atoms with Gasteiger partial charge in [0.2, 0.25) is 0 Å². The third-order valence-electron chi connectivity index (χ3n) is 2.49. The van der Waals surface area contributed by atoms with Crippen molar-refractivity contribution in [2.45, 2.75) is 20.3 Å². The standard InChI is InChI=1S/C13H28N2O/c1-5-7-14-11-13(3)12-15(8-6-2)9-10-16-4/h6,13-14H,2,5,7-12H2,1,3-4H3. The van der Waals surface area contributed by atoms with Gasteiger partial charge in [-0.05, 0) is 25.4 Å². The fourth-order valence-electron chi connectivity index (χ4n) is 1.69. The first kappa shape index (κ1) is 15.6. The largest absolute Gasteiger partial charge is 0.383 e. The van der Waals surface area contributed by atoms with Crippen LogP contribution in [0.25, 0.3) is 0 Å². The van der Waals surface area contributed by atoms with Crippen LogP contribution in [0.4, 0.5) is 0 Å². The predicted molar refractivity (Wildman–Crippen MR) is 70.8 cm³/mol. The molecular weight excluding hydrogens is 200 g/mol. The summed E-state index contributed by atoms with van der Waals surface area (Å²) in [4.78, 5) is 2.38. The fourth-order valence-corrected chi connectivity index (χ4v) is 1.69. The Morgan fingerprint density at radius 2 is 2.25 bits per heavy atom. The van der Waals surface area contributed by atoms with Gasteiger partial charge in [0.15, 0.2) is 0 Å². The minimum absolute atomic E-state index is 0.670. The summed E-state index contributed by atoms with van der Waals surface area (Å²) in [5.74, 6) is 0.670. The highest BCUT2D eigenvalue weighted by molar-refractivity contribution is 4.75. The van der Waals surface area contributed by atoms with Crippen LogP contribution in [-0.4, -0.2) is 51.3 Å². The van der Waals surface area contributed by atoms with Crippen LogP contribution in [0.3, 0.4) is 0 Å². The summed E-state index contributed by atoms with van der Waals surface area (Å²) in [6.45, 7) is 14.3. The molecular formula is C13H28N2O. The van der Waals surface area contributed by atoms with Gasteiger partial charge in [-0.1, -0.05) is 19.9 Å². The first-order valence-corrected chi connectivity index (χ1v) is 6.27. The summed E-state index contributed by atoms with van der Waals surface area (Å²) in [5, 5.41) is 3.45. The zero-order valence-electron chi connectivity index (χ0n) is 11.2. The maximum absolute atomic E-state index is 5.11. The van der Waals surface area contributed by atoms with E-state index in [2.05, 4.69) is 30.6 Å². The van der Waals surface area contributed by atoms with Crippen LogP contribution < -0.4 is 5.32 Å². The van der Waals surface area contributed by atoms with Crippen molar-refractivity contribution in [1.29, 1.82) is 0 Å². The third kappa shape index (κ3) is 8.89. The number of hydrogen-bond donors (Lipinski definition) is 1. The number of hydrogen-bond acceptors (Lipinski definition) is 3. The van der Waals surface area contributed by atoms with Crippen molar-refractivity contribution in [2.75, 3.05) is 46.4 Å². The number of ether oxygens (including phenoxy) is 1. The predicted octanol–water partition coefficient (Wildman–Crippen LogP) is 1.76. The van der Waals surface area contributed by atoms with Crippen molar-refractivity contribution < 1.29 is 4.74 Å². The summed E-state index contributed by atoms with van der Waals surface area (Å²) in [7, 11) is 1.75. The Bertz CT molecular complexity index is 162. The Balaban J connectivity index is 3.73. The SMILES string of the molecule is C=CCN(CCOC)CC(C)CNCCC. The Labute approximate surface area is 101 Å². The van der Waals surface area contributed by atoms with Gasteiger partial charge in [0.25, 0.3) is 0 Å². The van der Waals surface area contributed by atoms with Gasteiger partial charge in [-0.25, -0.2) is 0 Å². The van der Waals surface area contributed by atoms with Gasteiger partial charge in [-0.3, -0.25) is 4.90 Å². The first-order valence-electron chi connectivity index (χ1n) is 6.27. The molecule has 0 bridgehead atoms. The van der Waals surface area contributed by atoms with E-state index >= 15 is 0 Å². The topological polar surface area (TPSA) is 24.5 Å².